The number of hydrogen-bond acceptors (Lipinski definition) is 2. The lowest BCUT2D eigenvalue weighted by Gasteiger charge is -2.28. The van der Waals surface area contributed by atoms with Crippen LogP contribution in [0.25, 0.3) is 0 Å². The quantitative estimate of drug-likeness (QED) is 0.208. The zero-order valence-corrected chi connectivity index (χ0v) is 22.0. The van der Waals surface area contributed by atoms with Crippen molar-refractivity contribution in [3.05, 3.63) is 141 Å². The van der Waals surface area contributed by atoms with Crippen molar-refractivity contribution in [2.75, 3.05) is 9.80 Å². The van der Waals surface area contributed by atoms with Gasteiger partial charge in [-0.05, 0) is 97.1 Å². The Morgan fingerprint density at radius 3 is 0.778 bits per heavy atom. The van der Waals surface area contributed by atoms with E-state index in [0.29, 0.717) is 20.1 Å². The summed E-state index contributed by atoms with van der Waals surface area (Å²) in [5, 5.41) is 2.63. The molecule has 0 heterocycles. The van der Waals surface area contributed by atoms with Crippen molar-refractivity contribution in [1.82, 2.24) is 0 Å². The lowest BCUT2D eigenvalue weighted by molar-refractivity contribution is 1.26. The van der Waals surface area contributed by atoms with Gasteiger partial charge in [-0.15, -0.1) is 0 Å². The topological polar surface area (TPSA) is 6.48 Å². The highest BCUT2D eigenvalue weighted by Crippen LogP contribution is 2.40. The first-order valence-electron chi connectivity index (χ1n) is 11.2. The van der Waals surface area contributed by atoms with Crippen LogP contribution in [-0.2, 0) is 0 Å². The molecule has 6 heteroatoms. The fourth-order valence-corrected chi connectivity index (χ4v) is 4.84. The third-order valence-corrected chi connectivity index (χ3v) is 6.57. The van der Waals surface area contributed by atoms with Crippen LogP contribution in [0.15, 0.2) is 121 Å². The van der Waals surface area contributed by atoms with Crippen LogP contribution in [0.1, 0.15) is 0 Å². The Morgan fingerprint density at radius 2 is 0.556 bits per heavy atom. The molecule has 0 aliphatic heterocycles. The van der Waals surface area contributed by atoms with Gasteiger partial charge >= 0.3 is 0 Å². The molecule has 0 spiro atoms. The summed E-state index contributed by atoms with van der Waals surface area (Å²) in [6.45, 7) is 0. The molecule has 0 amide bonds. The summed E-state index contributed by atoms with van der Waals surface area (Å²) in [7, 11) is 0. The Balaban J connectivity index is 1.61. The van der Waals surface area contributed by atoms with Crippen molar-refractivity contribution in [3.8, 4) is 0 Å². The van der Waals surface area contributed by atoms with Gasteiger partial charge in [0, 0.05) is 54.2 Å². The minimum absolute atomic E-state index is 0.657. The highest BCUT2D eigenvalue weighted by molar-refractivity contribution is 6.32. The van der Waals surface area contributed by atoms with Crippen LogP contribution in [0.3, 0.4) is 0 Å². The molecule has 0 radical (unpaired) electrons. The minimum Gasteiger partial charge on any atom is -0.310 e. The van der Waals surface area contributed by atoms with Crippen molar-refractivity contribution in [1.29, 1.82) is 0 Å². The number of anilines is 6. The van der Waals surface area contributed by atoms with Gasteiger partial charge in [0.2, 0.25) is 0 Å². The highest BCUT2D eigenvalue weighted by Gasteiger charge is 2.17. The molecule has 0 atom stereocenters. The van der Waals surface area contributed by atoms with Gasteiger partial charge in [-0.1, -0.05) is 70.7 Å². The number of hydrogen-bond donors (Lipinski definition) is 0. The molecule has 36 heavy (non-hydrogen) atoms. The van der Waals surface area contributed by atoms with E-state index in [-0.39, 0.29) is 0 Å². The maximum atomic E-state index is 6.34. The van der Waals surface area contributed by atoms with E-state index in [0.717, 1.165) is 34.1 Å². The molecule has 0 saturated carbocycles. The van der Waals surface area contributed by atoms with Crippen LogP contribution in [0.5, 0.6) is 0 Å². The van der Waals surface area contributed by atoms with Crippen LogP contribution >= 0.6 is 46.4 Å². The lowest BCUT2D eigenvalue weighted by Crippen LogP contribution is -2.12. The summed E-state index contributed by atoms with van der Waals surface area (Å²) in [5.74, 6) is 0. The molecule has 5 aromatic rings. The first-order valence-corrected chi connectivity index (χ1v) is 12.7. The van der Waals surface area contributed by atoms with Gasteiger partial charge in [0.05, 0.1) is 0 Å². The number of rotatable bonds is 6. The van der Waals surface area contributed by atoms with Gasteiger partial charge in [0.25, 0.3) is 0 Å². The first kappa shape index (κ1) is 24.5. The normalized spacial score (nSPS) is 10.8. The van der Waals surface area contributed by atoms with Crippen LogP contribution in [0.4, 0.5) is 34.1 Å². The predicted molar refractivity (Wildman–Crippen MR) is 156 cm³/mol. The van der Waals surface area contributed by atoms with E-state index in [2.05, 4.69) is 34.1 Å². The summed E-state index contributed by atoms with van der Waals surface area (Å²) >= 11 is 25.4. The average molecular weight is 550 g/mol. The summed E-state index contributed by atoms with van der Waals surface area (Å²) in [6, 6.07) is 39.2. The average Bonchev–Trinajstić information content (AvgIpc) is 2.86. The van der Waals surface area contributed by atoms with Gasteiger partial charge in [-0.25, -0.2) is 0 Å². The molecule has 0 bridgehead atoms. The lowest BCUT2D eigenvalue weighted by atomic mass is 10.1. The van der Waals surface area contributed by atoms with E-state index in [1.807, 2.05) is 97.1 Å². The maximum Gasteiger partial charge on any atom is 0.0476 e. The third kappa shape index (κ3) is 5.48. The molecule has 2 nitrogen and oxygen atoms in total. The zero-order chi connectivity index (χ0) is 25.1. The Hall–Kier alpha value is -3.14. The second-order valence-corrected chi connectivity index (χ2v) is 9.85. The summed E-state index contributed by atoms with van der Waals surface area (Å²) in [4.78, 5) is 4.23. The van der Waals surface area contributed by atoms with Crippen molar-refractivity contribution in [2.24, 2.45) is 0 Å². The SMILES string of the molecule is Clc1cccc(N(c2ccc(N(c3cccc(Cl)c3)c3cccc(Cl)c3)cc2)c2cccc(Cl)c2)c1. The summed E-state index contributed by atoms with van der Waals surface area (Å²) in [5.41, 5.74) is 5.64. The molecular weight excluding hydrogens is 530 g/mol. The summed E-state index contributed by atoms with van der Waals surface area (Å²) in [6.07, 6.45) is 0. The standard InChI is InChI=1S/C30H20Cl4N2/c31-21-5-1-9-27(17-21)35(28-10-2-6-22(32)18-28)25-13-15-26(16-14-25)36(29-11-3-7-23(33)19-29)30-12-4-8-24(34)20-30/h1-20H. The largest absolute Gasteiger partial charge is 0.310 e. The Bertz CT molecular complexity index is 1300. The molecule has 0 saturated heterocycles. The molecule has 0 aliphatic rings. The number of halogens is 4. The van der Waals surface area contributed by atoms with E-state index < -0.39 is 0 Å². The predicted octanol–water partition coefficient (Wildman–Crippen LogP) is 11.2. The number of nitrogens with zero attached hydrogens (tertiary/aromatic N) is 2. The molecular formula is C30H20Cl4N2. The third-order valence-electron chi connectivity index (χ3n) is 5.63. The maximum absolute atomic E-state index is 6.34. The second-order valence-electron chi connectivity index (χ2n) is 8.11. The van der Waals surface area contributed by atoms with Crippen LogP contribution in [0, 0.1) is 0 Å². The fourth-order valence-electron chi connectivity index (χ4n) is 4.11. The molecule has 0 aromatic heterocycles. The van der Waals surface area contributed by atoms with E-state index in [9.17, 15) is 0 Å². The minimum atomic E-state index is 0.657. The fraction of sp³-hybridized carbons (Fsp3) is 0. The molecule has 5 rings (SSSR count). The molecule has 5 aromatic carbocycles. The second kappa shape index (κ2) is 10.9. The van der Waals surface area contributed by atoms with E-state index in [1.54, 1.807) is 0 Å². The Kier molecular flexibility index (Phi) is 7.41. The van der Waals surface area contributed by atoms with E-state index in [4.69, 9.17) is 46.4 Å². The number of benzene rings is 5. The van der Waals surface area contributed by atoms with Crippen LogP contribution in [-0.4, -0.2) is 0 Å². The van der Waals surface area contributed by atoms with Crippen LogP contribution < -0.4 is 9.80 Å². The van der Waals surface area contributed by atoms with Crippen molar-refractivity contribution < 1.29 is 0 Å². The van der Waals surface area contributed by atoms with Gasteiger partial charge in [0.1, 0.15) is 0 Å². The smallest absolute Gasteiger partial charge is 0.0476 e. The van der Waals surface area contributed by atoms with Crippen LogP contribution in [0.2, 0.25) is 20.1 Å². The molecule has 178 valence electrons. The monoisotopic (exact) mass is 548 g/mol. The zero-order valence-electron chi connectivity index (χ0n) is 19.0. The summed E-state index contributed by atoms with van der Waals surface area (Å²) < 4.78 is 0. The molecule has 0 unspecified atom stereocenters. The Morgan fingerprint density at radius 1 is 0.306 bits per heavy atom. The van der Waals surface area contributed by atoms with Gasteiger partial charge in [0.15, 0.2) is 0 Å². The van der Waals surface area contributed by atoms with E-state index in [1.165, 1.54) is 0 Å². The molecule has 0 aliphatic carbocycles. The van der Waals surface area contributed by atoms with Gasteiger partial charge < -0.3 is 9.80 Å². The van der Waals surface area contributed by atoms with Gasteiger partial charge in [-0.2, -0.15) is 0 Å². The van der Waals surface area contributed by atoms with Crippen molar-refractivity contribution >= 4 is 80.5 Å². The van der Waals surface area contributed by atoms with Crippen molar-refractivity contribution in [2.45, 2.75) is 0 Å². The highest BCUT2D eigenvalue weighted by atomic mass is 35.5. The Labute approximate surface area is 230 Å². The van der Waals surface area contributed by atoms with Gasteiger partial charge in [-0.3, -0.25) is 0 Å². The molecule has 0 fully saturated rings. The van der Waals surface area contributed by atoms with E-state index >= 15 is 0 Å². The van der Waals surface area contributed by atoms with Crippen molar-refractivity contribution in [3.63, 3.8) is 0 Å². The molecule has 0 N–H and O–H groups in total. The first-order chi connectivity index (χ1) is 17.5.